The molecular formula is C26H32N2O6. The molecule has 0 bridgehead atoms. The third kappa shape index (κ3) is 4.95. The number of nitrogens with one attached hydrogen (secondary N) is 1. The van der Waals surface area contributed by atoms with Gasteiger partial charge in [0.05, 0.1) is 13.7 Å². The van der Waals surface area contributed by atoms with E-state index >= 15 is 0 Å². The van der Waals surface area contributed by atoms with Gasteiger partial charge in [-0.15, -0.1) is 0 Å². The van der Waals surface area contributed by atoms with E-state index < -0.39 is 17.9 Å². The molecule has 1 amide bonds. The van der Waals surface area contributed by atoms with Gasteiger partial charge in [0.15, 0.2) is 11.5 Å². The Balaban J connectivity index is 1.74. The van der Waals surface area contributed by atoms with Crippen LogP contribution in [-0.4, -0.2) is 36.4 Å². The number of nitrogens with zero attached hydrogens (tertiary/aromatic N) is 1. The number of aryl methyl sites for hydroxylation is 1. The molecular weight excluding hydrogens is 436 g/mol. The third-order valence-corrected chi connectivity index (χ3v) is 6.53. The van der Waals surface area contributed by atoms with Crippen LogP contribution in [0.3, 0.4) is 0 Å². The summed E-state index contributed by atoms with van der Waals surface area (Å²) in [5.74, 6) is 0.0625. The molecule has 2 aromatic rings. The number of ether oxygens (including phenoxy) is 3. The highest BCUT2D eigenvalue weighted by atomic mass is 16.7. The highest BCUT2D eigenvalue weighted by Crippen LogP contribution is 2.33. The summed E-state index contributed by atoms with van der Waals surface area (Å²) < 4.78 is 17.5. The highest BCUT2D eigenvalue weighted by molar-refractivity contribution is 5.96. The number of carbonyl (C=O) groups excluding carboxylic acids is 2. The maximum Gasteiger partial charge on any atom is 0.328 e. The lowest BCUT2D eigenvalue weighted by Crippen LogP contribution is -2.47. The van der Waals surface area contributed by atoms with Gasteiger partial charge in [-0.2, -0.15) is 0 Å². The molecule has 2 heterocycles. The van der Waals surface area contributed by atoms with Crippen molar-refractivity contribution < 1.29 is 23.8 Å². The molecule has 1 N–H and O–H groups in total. The Morgan fingerprint density at radius 2 is 1.79 bits per heavy atom. The topological polar surface area (TPSA) is 95.9 Å². The maximum atomic E-state index is 13.6. The smallest absolute Gasteiger partial charge is 0.328 e. The lowest BCUT2D eigenvalue weighted by molar-refractivity contribution is -0.144. The number of carbonyl (C=O) groups is 2. The first-order chi connectivity index (χ1) is 16.4. The van der Waals surface area contributed by atoms with E-state index in [-0.39, 0.29) is 23.8 Å². The van der Waals surface area contributed by atoms with Crippen LogP contribution in [-0.2, 0) is 28.9 Å². The molecule has 2 aliphatic rings. The quantitative estimate of drug-likeness (QED) is 0.654. The zero-order chi connectivity index (χ0) is 24.2. The molecule has 34 heavy (non-hydrogen) atoms. The second-order valence-corrected chi connectivity index (χ2v) is 9.24. The van der Waals surface area contributed by atoms with E-state index in [0.29, 0.717) is 18.0 Å². The van der Waals surface area contributed by atoms with Crippen LogP contribution in [0, 0.1) is 5.92 Å². The average Bonchev–Trinajstić information content (AvgIpc) is 3.27. The van der Waals surface area contributed by atoms with Gasteiger partial charge in [0.2, 0.25) is 6.79 Å². The zero-order valence-corrected chi connectivity index (χ0v) is 20.0. The third-order valence-electron chi connectivity index (χ3n) is 6.53. The summed E-state index contributed by atoms with van der Waals surface area (Å²) in [7, 11) is 1.29. The molecule has 0 fully saturated rings. The first kappa shape index (κ1) is 23.9. The number of esters is 1. The molecule has 1 aromatic heterocycles. The van der Waals surface area contributed by atoms with Gasteiger partial charge in [-0.05, 0) is 60.9 Å². The Labute approximate surface area is 199 Å². The van der Waals surface area contributed by atoms with Crippen LogP contribution >= 0.6 is 0 Å². The van der Waals surface area contributed by atoms with Gasteiger partial charge in [-0.25, -0.2) is 4.79 Å². The summed E-state index contributed by atoms with van der Waals surface area (Å²) >= 11 is 0. The fraction of sp³-hybridized carbons (Fsp3) is 0.500. The normalized spacial score (nSPS) is 15.8. The second kappa shape index (κ2) is 10.3. The van der Waals surface area contributed by atoms with Crippen molar-refractivity contribution in [3.8, 4) is 11.5 Å². The van der Waals surface area contributed by atoms with E-state index in [4.69, 9.17) is 14.2 Å². The number of hydrogen-bond donors (Lipinski definition) is 1. The predicted molar refractivity (Wildman–Crippen MR) is 126 cm³/mol. The van der Waals surface area contributed by atoms with Gasteiger partial charge in [-0.1, -0.05) is 32.8 Å². The average molecular weight is 469 g/mol. The van der Waals surface area contributed by atoms with E-state index in [9.17, 15) is 14.4 Å². The zero-order valence-electron chi connectivity index (χ0n) is 20.0. The molecule has 182 valence electrons. The first-order valence-corrected chi connectivity index (χ1v) is 11.9. The fourth-order valence-corrected chi connectivity index (χ4v) is 4.63. The largest absolute Gasteiger partial charge is 0.467 e. The van der Waals surface area contributed by atoms with Crippen molar-refractivity contribution >= 4 is 11.9 Å². The molecule has 1 aromatic carbocycles. The summed E-state index contributed by atoms with van der Waals surface area (Å²) in [6.07, 6.45) is 5.84. The number of aromatic nitrogens is 1. The van der Waals surface area contributed by atoms with Crippen LogP contribution in [0.25, 0.3) is 0 Å². The van der Waals surface area contributed by atoms with Crippen LogP contribution in [0.1, 0.15) is 66.7 Å². The van der Waals surface area contributed by atoms with Crippen LogP contribution < -0.4 is 20.3 Å². The molecule has 8 nitrogen and oxygen atoms in total. The standard InChI is InChI=1S/C26H32N2O6/c1-16(2)23(26(31)32-3)27-24(29)19-13-18-8-6-4-5-7-9-20(18)28(25(19)30)14-17-10-11-21-22(12-17)34-15-33-21/h10-13,16,23H,4-9,14-15H2,1-3H3,(H,27,29)/t23-/m0/s1. The number of methoxy groups -OCH3 is 1. The van der Waals surface area contributed by atoms with E-state index in [1.165, 1.54) is 7.11 Å². The molecule has 1 aliphatic carbocycles. The van der Waals surface area contributed by atoms with Crippen molar-refractivity contribution in [1.82, 2.24) is 9.88 Å². The Bertz CT molecular complexity index is 1140. The minimum Gasteiger partial charge on any atom is -0.467 e. The summed E-state index contributed by atoms with van der Waals surface area (Å²) in [6.45, 7) is 4.14. The van der Waals surface area contributed by atoms with Gasteiger partial charge >= 0.3 is 5.97 Å². The highest BCUT2D eigenvalue weighted by Gasteiger charge is 2.28. The monoisotopic (exact) mass is 468 g/mol. The van der Waals surface area contributed by atoms with Crippen molar-refractivity contribution in [2.24, 2.45) is 5.92 Å². The van der Waals surface area contributed by atoms with Gasteiger partial charge in [-0.3, -0.25) is 9.59 Å². The second-order valence-electron chi connectivity index (χ2n) is 9.24. The van der Waals surface area contributed by atoms with Crippen molar-refractivity contribution in [3.05, 3.63) is 57.0 Å². The lowest BCUT2D eigenvalue weighted by atomic mass is 9.95. The molecule has 1 atom stereocenters. The van der Waals surface area contributed by atoms with Gasteiger partial charge < -0.3 is 24.1 Å². The Morgan fingerprint density at radius 3 is 2.53 bits per heavy atom. The number of amides is 1. The summed E-state index contributed by atoms with van der Waals surface area (Å²) in [4.78, 5) is 39.0. The Morgan fingerprint density at radius 1 is 1.06 bits per heavy atom. The van der Waals surface area contributed by atoms with Crippen LogP contribution in [0.5, 0.6) is 11.5 Å². The van der Waals surface area contributed by atoms with Crippen molar-refractivity contribution in [2.75, 3.05) is 13.9 Å². The molecule has 1 aliphatic heterocycles. The minimum atomic E-state index is -0.832. The minimum absolute atomic E-state index is 0.0506. The Hall–Kier alpha value is -3.29. The van der Waals surface area contributed by atoms with Crippen molar-refractivity contribution in [1.29, 1.82) is 0 Å². The Kier molecular flexibility index (Phi) is 7.24. The van der Waals surface area contributed by atoms with Crippen LogP contribution in [0.15, 0.2) is 29.1 Å². The maximum absolute atomic E-state index is 13.6. The van der Waals surface area contributed by atoms with Gasteiger partial charge in [0.1, 0.15) is 11.6 Å². The number of fused-ring (bicyclic) bond motifs is 2. The van der Waals surface area contributed by atoms with E-state index in [2.05, 4.69) is 5.32 Å². The van der Waals surface area contributed by atoms with E-state index in [1.807, 2.05) is 32.0 Å². The fourth-order valence-electron chi connectivity index (χ4n) is 4.63. The molecule has 0 saturated heterocycles. The van der Waals surface area contributed by atoms with Crippen LogP contribution in [0.4, 0.5) is 0 Å². The number of hydrogen-bond acceptors (Lipinski definition) is 6. The number of pyridine rings is 1. The predicted octanol–water partition coefficient (Wildman–Crippen LogP) is 3.21. The molecule has 0 radical (unpaired) electrons. The summed E-state index contributed by atoms with van der Waals surface area (Å²) in [6, 6.07) is 6.52. The first-order valence-electron chi connectivity index (χ1n) is 11.9. The van der Waals surface area contributed by atoms with Crippen molar-refractivity contribution in [2.45, 2.75) is 65.0 Å². The molecule has 4 rings (SSSR count). The van der Waals surface area contributed by atoms with E-state index in [0.717, 1.165) is 55.3 Å². The number of benzene rings is 1. The van der Waals surface area contributed by atoms with Gasteiger partial charge in [0.25, 0.3) is 11.5 Å². The molecule has 8 heteroatoms. The SMILES string of the molecule is COC(=O)[C@@H](NC(=O)c1cc2c(n(Cc3ccc4c(c3)OCO4)c1=O)CCCCCC2)C(C)C. The number of rotatable bonds is 6. The van der Waals surface area contributed by atoms with Crippen LogP contribution in [0.2, 0.25) is 0 Å². The molecule has 0 spiro atoms. The summed E-state index contributed by atoms with van der Waals surface area (Å²) in [5.41, 5.74) is 2.58. The molecule has 0 unspecified atom stereocenters. The van der Waals surface area contributed by atoms with Gasteiger partial charge in [0, 0.05) is 5.69 Å². The lowest BCUT2D eigenvalue weighted by Gasteiger charge is -2.23. The summed E-state index contributed by atoms with van der Waals surface area (Å²) in [5, 5.41) is 2.72. The van der Waals surface area contributed by atoms with E-state index in [1.54, 1.807) is 10.6 Å². The van der Waals surface area contributed by atoms with Crippen molar-refractivity contribution in [3.63, 3.8) is 0 Å². The molecule has 0 saturated carbocycles.